The molecule has 3 rings (SSSR count). The highest BCUT2D eigenvalue weighted by Gasteiger charge is 2.21. The molecule has 2 aromatic rings. The van der Waals surface area contributed by atoms with Gasteiger partial charge in [-0.25, -0.2) is 0 Å². The summed E-state index contributed by atoms with van der Waals surface area (Å²) in [4.78, 5) is 16.8. The Bertz CT molecular complexity index is 715. The van der Waals surface area contributed by atoms with E-state index in [2.05, 4.69) is 41.2 Å². The molecule has 2 heterocycles. The van der Waals surface area contributed by atoms with Crippen molar-refractivity contribution in [1.29, 1.82) is 0 Å². The maximum Gasteiger partial charge on any atom is 0.224 e. The Morgan fingerprint density at radius 3 is 2.52 bits per heavy atom. The number of carbonyl (C=O) groups excluding carboxylic acids is 1. The van der Waals surface area contributed by atoms with Gasteiger partial charge in [0.2, 0.25) is 5.91 Å². The zero-order valence-electron chi connectivity index (χ0n) is 14.9. The average molecular weight is 361 g/mol. The molecule has 0 aliphatic carbocycles. The third kappa shape index (κ3) is 4.61. The number of amides is 1. The van der Waals surface area contributed by atoms with E-state index < -0.39 is 0 Å². The molecule has 0 unspecified atom stereocenters. The summed E-state index contributed by atoms with van der Waals surface area (Å²) in [5, 5.41) is 4.95. The lowest BCUT2D eigenvalue weighted by atomic mass is 10.1. The molecule has 0 radical (unpaired) electrons. The first-order valence-electron chi connectivity index (χ1n) is 8.77. The molecule has 1 aromatic heterocycles. The minimum Gasteiger partial charge on any atom is -0.340 e. The van der Waals surface area contributed by atoms with Crippen LogP contribution in [-0.2, 0) is 17.9 Å². The van der Waals surface area contributed by atoms with Gasteiger partial charge in [0, 0.05) is 51.9 Å². The molecule has 0 atom stereocenters. The highest BCUT2D eigenvalue weighted by molar-refractivity contribution is 6.31. The summed E-state index contributed by atoms with van der Waals surface area (Å²) in [7, 11) is 0. The van der Waals surface area contributed by atoms with Crippen molar-refractivity contribution >= 4 is 17.5 Å². The Morgan fingerprint density at radius 1 is 1.16 bits per heavy atom. The molecule has 25 heavy (non-hydrogen) atoms. The number of nitrogens with zero attached hydrogens (tertiary/aromatic N) is 4. The summed E-state index contributed by atoms with van der Waals surface area (Å²) >= 11 is 6.00. The van der Waals surface area contributed by atoms with Crippen LogP contribution in [0, 0.1) is 13.8 Å². The summed E-state index contributed by atoms with van der Waals surface area (Å²) in [5.41, 5.74) is 3.50. The molecule has 0 spiro atoms. The van der Waals surface area contributed by atoms with Crippen molar-refractivity contribution in [2.24, 2.45) is 0 Å². The molecule has 0 bridgehead atoms. The molecule has 6 heteroatoms. The first kappa shape index (κ1) is 18.0. The van der Waals surface area contributed by atoms with Gasteiger partial charge in [0.1, 0.15) is 0 Å². The van der Waals surface area contributed by atoms with Crippen molar-refractivity contribution in [1.82, 2.24) is 19.6 Å². The molecular weight excluding hydrogens is 336 g/mol. The summed E-state index contributed by atoms with van der Waals surface area (Å²) in [6.45, 7) is 9.00. The van der Waals surface area contributed by atoms with Crippen LogP contribution >= 0.6 is 11.6 Å². The maximum atomic E-state index is 12.4. The van der Waals surface area contributed by atoms with Gasteiger partial charge in [-0.2, -0.15) is 5.10 Å². The van der Waals surface area contributed by atoms with E-state index in [9.17, 15) is 4.79 Å². The number of aryl methyl sites for hydroxylation is 3. The third-order valence-corrected chi connectivity index (χ3v) is 5.19. The van der Waals surface area contributed by atoms with Gasteiger partial charge < -0.3 is 4.90 Å². The maximum absolute atomic E-state index is 12.4. The summed E-state index contributed by atoms with van der Waals surface area (Å²) in [6.07, 6.45) is 2.25. The van der Waals surface area contributed by atoms with E-state index in [-0.39, 0.29) is 5.91 Å². The van der Waals surface area contributed by atoms with E-state index >= 15 is 0 Å². The van der Waals surface area contributed by atoms with Crippen molar-refractivity contribution in [3.63, 3.8) is 0 Å². The van der Waals surface area contributed by atoms with E-state index in [0.717, 1.165) is 38.4 Å². The van der Waals surface area contributed by atoms with Gasteiger partial charge in [0.15, 0.2) is 0 Å². The van der Waals surface area contributed by atoms with Gasteiger partial charge in [0.05, 0.1) is 10.7 Å². The Kier molecular flexibility index (Phi) is 5.76. The van der Waals surface area contributed by atoms with Gasteiger partial charge in [0.25, 0.3) is 0 Å². The molecule has 1 aliphatic rings. The van der Waals surface area contributed by atoms with Gasteiger partial charge in [-0.15, -0.1) is 0 Å². The topological polar surface area (TPSA) is 41.4 Å². The summed E-state index contributed by atoms with van der Waals surface area (Å²) in [6, 6.07) is 8.50. The standard InChI is InChI=1S/C19H25ClN4O/c1-15-5-3-4-6-17(15)13-22-9-11-23(12-10-22)19(25)7-8-24-14-18(20)16(2)21-24/h3-6,14H,7-13H2,1-2H3. The van der Waals surface area contributed by atoms with Crippen molar-refractivity contribution in [2.75, 3.05) is 26.2 Å². The number of benzene rings is 1. The second kappa shape index (κ2) is 8.02. The molecular formula is C19H25ClN4O. The first-order chi connectivity index (χ1) is 12.0. The lowest BCUT2D eigenvalue weighted by Gasteiger charge is -2.35. The van der Waals surface area contributed by atoms with Crippen molar-refractivity contribution in [2.45, 2.75) is 33.4 Å². The Morgan fingerprint density at radius 2 is 1.88 bits per heavy atom. The van der Waals surface area contributed by atoms with E-state index in [0.29, 0.717) is 18.0 Å². The fourth-order valence-corrected chi connectivity index (χ4v) is 3.31. The molecule has 1 aliphatic heterocycles. The Balaban J connectivity index is 1.45. The number of aromatic nitrogens is 2. The molecule has 1 fully saturated rings. The van der Waals surface area contributed by atoms with Crippen LogP contribution in [0.15, 0.2) is 30.5 Å². The van der Waals surface area contributed by atoms with Crippen LogP contribution in [0.5, 0.6) is 0 Å². The van der Waals surface area contributed by atoms with E-state index in [4.69, 9.17) is 11.6 Å². The lowest BCUT2D eigenvalue weighted by molar-refractivity contribution is -0.133. The number of rotatable bonds is 5. The number of carbonyl (C=O) groups is 1. The predicted octanol–water partition coefficient (Wildman–Crippen LogP) is 2.89. The predicted molar refractivity (Wildman–Crippen MR) is 99.6 cm³/mol. The van der Waals surface area contributed by atoms with E-state index in [1.165, 1.54) is 11.1 Å². The van der Waals surface area contributed by atoms with Crippen LogP contribution in [0.25, 0.3) is 0 Å². The quantitative estimate of drug-likeness (QED) is 0.823. The van der Waals surface area contributed by atoms with Crippen molar-refractivity contribution < 1.29 is 4.79 Å². The largest absolute Gasteiger partial charge is 0.340 e. The number of piperazine rings is 1. The molecule has 5 nitrogen and oxygen atoms in total. The highest BCUT2D eigenvalue weighted by atomic mass is 35.5. The molecule has 134 valence electrons. The second-order valence-corrected chi connectivity index (χ2v) is 7.07. The minimum atomic E-state index is 0.194. The highest BCUT2D eigenvalue weighted by Crippen LogP contribution is 2.14. The SMILES string of the molecule is Cc1ccccc1CN1CCN(C(=O)CCn2cc(Cl)c(C)n2)CC1. The molecule has 1 amide bonds. The number of hydrogen-bond donors (Lipinski definition) is 0. The normalized spacial score (nSPS) is 15.6. The zero-order chi connectivity index (χ0) is 17.8. The second-order valence-electron chi connectivity index (χ2n) is 6.66. The van der Waals surface area contributed by atoms with Crippen LogP contribution in [0.2, 0.25) is 5.02 Å². The first-order valence-corrected chi connectivity index (χ1v) is 9.15. The lowest BCUT2D eigenvalue weighted by Crippen LogP contribution is -2.48. The zero-order valence-corrected chi connectivity index (χ0v) is 15.7. The molecule has 0 saturated carbocycles. The Labute approximate surface area is 154 Å². The van der Waals surface area contributed by atoms with Crippen LogP contribution in [0.1, 0.15) is 23.2 Å². The van der Waals surface area contributed by atoms with Crippen LogP contribution < -0.4 is 0 Å². The third-order valence-electron chi connectivity index (χ3n) is 4.82. The fraction of sp³-hybridized carbons (Fsp3) is 0.474. The van der Waals surface area contributed by atoms with Crippen molar-refractivity contribution in [3.8, 4) is 0 Å². The van der Waals surface area contributed by atoms with Crippen LogP contribution in [0.3, 0.4) is 0 Å². The van der Waals surface area contributed by atoms with E-state index in [1.54, 1.807) is 10.9 Å². The summed E-state index contributed by atoms with van der Waals surface area (Å²) < 4.78 is 1.75. The van der Waals surface area contributed by atoms with Gasteiger partial charge in [-0.05, 0) is 25.0 Å². The smallest absolute Gasteiger partial charge is 0.224 e. The van der Waals surface area contributed by atoms with Crippen LogP contribution in [-0.4, -0.2) is 51.7 Å². The van der Waals surface area contributed by atoms with Crippen LogP contribution in [0.4, 0.5) is 0 Å². The van der Waals surface area contributed by atoms with Crippen molar-refractivity contribution in [3.05, 3.63) is 52.3 Å². The average Bonchev–Trinajstić information content (AvgIpc) is 2.93. The fourth-order valence-electron chi connectivity index (χ4n) is 3.16. The molecule has 0 N–H and O–H groups in total. The number of halogens is 1. The van der Waals surface area contributed by atoms with Gasteiger partial charge in [-0.3, -0.25) is 14.4 Å². The van der Waals surface area contributed by atoms with E-state index in [1.807, 2.05) is 11.8 Å². The summed E-state index contributed by atoms with van der Waals surface area (Å²) in [5.74, 6) is 0.194. The molecule has 1 aromatic carbocycles. The van der Waals surface area contributed by atoms with Gasteiger partial charge in [-0.1, -0.05) is 35.9 Å². The monoisotopic (exact) mass is 360 g/mol. The number of hydrogen-bond acceptors (Lipinski definition) is 3. The minimum absolute atomic E-state index is 0.194. The van der Waals surface area contributed by atoms with Gasteiger partial charge >= 0.3 is 0 Å². The Hall–Kier alpha value is -1.85. The molecule has 1 saturated heterocycles.